The summed E-state index contributed by atoms with van der Waals surface area (Å²) in [5, 5.41) is 5.18. The highest BCUT2D eigenvalue weighted by Crippen LogP contribution is 2.13. The molecular weight excluding hydrogens is 397 g/mol. The van der Waals surface area contributed by atoms with Crippen LogP contribution in [-0.2, 0) is 14.8 Å². The van der Waals surface area contributed by atoms with Crippen molar-refractivity contribution in [2.24, 2.45) is 0 Å². The molecule has 0 spiro atoms. The Balaban J connectivity index is 1.90. The predicted octanol–water partition coefficient (Wildman–Crippen LogP) is 2.12. The highest BCUT2D eigenvalue weighted by Gasteiger charge is 2.16. The lowest BCUT2D eigenvalue weighted by atomic mass is 10.1. The van der Waals surface area contributed by atoms with Gasteiger partial charge in [-0.3, -0.25) is 9.59 Å². The molecule has 156 valence electrons. The zero-order valence-corrected chi connectivity index (χ0v) is 17.2. The normalized spacial score (nSPS) is 12.4. The molecule has 2 aromatic carbocycles. The first-order valence-corrected chi connectivity index (χ1v) is 10.5. The highest BCUT2D eigenvalue weighted by atomic mass is 32.2. The molecule has 0 bridgehead atoms. The van der Waals surface area contributed by atoms with Gasteiger partial charge in [0.2, 0.25) is 15.9 Å². The first-order chi connectivity index (χ1) is 13.6. The fraction of sp³-hybridized carbons (Fsp3) is 0.300. The van der Waals surface area contributed by atoms with E-state index in [2.05, 4.69) is 15.4 Å². The lowest BCUT2D eigenvalue weighted by Gasteiger charge is -2.15. The molecule has 2 rings (SSSR count). The Hall–Kier alpha value is -2.78. The van der Waals surface area contributed by atoms with E-state index in [1.165, 1.54) is 36.4 Å². The molecule has 9 heteroatoms. The number of hydrogen-bond acceptors (Lipinski definition) is 4. The summed E-state index contributed by atoms with van der Waals surface area (Å²) in [6, 6.07) is 10.6. The first kappa shape index (κ1) is 22.5. The minimum Gasteiger partial charge on any atom is -0.348 e. The van der Waals surface area contributed by atoms with Gasteiger partial charge in [0.15, 0.2) is 0 Å². The number of nitrogens with one attached hydrogen (secondary N) is 3. The average molecular weight is 421 g/mol. The van der Waals surface area contributed by atoms with Crippen LogP contribution in [0, 0.1) is 5.82 Å². The zero-order valence-electron chi connectivity index (χ0n) is 16.4. The predicted molar refractivity (Wildman–Crippen MR) is 107 cm³/mol. The monoisotopic (exact) mass is 421 g/mol. The largest absolute Gasteiger partial charge is 0.348 e. The summed E-state index contributed by atoms with van der Waals surface area (Å²) >= 11 is 0. The number of rotatable bonds is 8. The molecule has 2 aromatic rings. The van der Waals surface area contributed by atoms with E-state index in [1.54, 1.807) is 32.9 Å². The van der Waals surface area contributed by atoms with Gasteiger partial charge in [-0.05, 0) is 62.7 Å². The van der Waals surface area contributed by atoms with Crippen molar-refractivity contribution in [3.63, 3.8) is 0 Å². The van der Waals surface area contributed by atoms with Gasteiger partial charge in [-0.15, -0.1) is 0 Å². The number of sulfonamides is 1. The fourth-order valence-electron chi connectivity index (χ4n) is 2.55. The molecule has 0 fully saturated rings. The van der Waals surface area contributed by atoms with E-state index in [0.29, 0.717) is 0 Å². The molecule has 0 heterocycles. The van der Waals surface area contributed by atoms with Gasteiger partial charge >= 0.3 is 0 Å². The fourth-order valence-corrected chi connectivity index (χ4v) is 3.80. The molecule has 0 unspecified atom stereocenters. The maximum Gasteiger partial charge on any atom is 0.251 e. The Bertz CT molecular complexity index is 958. The summed E-state index contributed by atoms with van der Waals surface area (Å²) in [7, 11) is -3.64. The second-order valence-corrected chi connectivity index (χ2v) is 8.54. The summed E-state index contributed by atoms with van der Waals surface area (Å²) in [5.41, 5.74) is 0.964. The summed E-state index contributed by atoms with van der Waals surface area (Å²) in [6.07, 6.45) is 0. The maximum absolute atomic E-state index is 13.0. The zero-order chi connectivity index (χ0) is 21.6. The van der Waals surface area contributed by atoms with Crippen molar-refractivity contribution >= 4 is 21.8 Å². The number of halogens is 1. The average Bonchev–Trinajstić information content (AvgIpc) is 2.65. The summed E-state index contributed by atoms with van der Waals surface area (Å²) in [6.45, 7) is 4.92. The summed E-state index contributed by atoms with van der Waals surface area (Å²) in [4.78, 5) is 24.3. The number of benzene rings is 2. The van der Waals surface area contributed by atoms with Crippen LogP contribution >= 0.6 is 0 Å². The topological polar surface area (TPSA) is 104 Å². The van der Waals surface area contributed by atoms with Crippen molar-refractivity contribution in [3.8, 4) is 0 Å². The Morgan fingerprint density at radius 2 is 1.55 bits per heavy atom. The van der Waals surface area contributed by atoms with Crippen molar-refractivity contribution in [3.05, 3.63) is 65.5 Å². The van der Waals surface area contributed by atoms with Crippen LogP contribution in [0.15, 0.2) is 53.4 Å². The van der Waals surface area contributed by atoms with E-state index in [9.17, 15) is 22.4 Å². The maximum atomic E-state index is 13.0. The first-order valence-electron chi connectivity index (χ1n) is 9.04. The third-order valence-electron chi connectivity index (χ3n) is 3.97. The molecule has 0 aromatic heterocycles. The molecule has 0 saturated heterocycles. The summed E-state index contributed by atoms with van der Waals surface area (Å²) < 4.78 is 39.6. The molecule has 0 aliphatic rings. The van der Waals surface area contributed by atoms with Crippen molar-refractivity contribution in [2.45, 2.75) is 37.8 Å². The van der Waals surface area contributed by atoms with Crippen LogP contribution in [0.5, 0.6) is 0 Å². The van der Waals surface area contributed by atoms with E-state index in [1.807, 2.05) is 0 Å². The number of carbonyl (C=O) groups is 2. The molecular formula is C20H24FN3O4S. The number of carbonyl (C=O) groups excluding carboxylic acids is 2. The van der Waals surface area contributed by atoms with Gasteiger partial charge in [0.1, 0.15) is 5.82 Å². The van der Waals surface area contributed by atoms with Gasteiger partial charge < -0.3 is 10.6 Å². The molecule has 0 radical (unpaired) electrons. The van der Waals surface area contributed by atoms with E-state index >= 15 is 0 Å². The third kappa shape index (κ3) is 6.65. The molecule has 3 N–H and O–H groups in total. The Kier molecular flexibility index (Phi) is 7.46. The molecule has 0 saturated carbocycles. The van der Waals surface area contributed by atoms with Crippen molar-refractivity contribution in [1.29, 1.82) is 0 Å². The second kappa shape index (κ2) is 9.62. The van der Waals surface area contributed by atoms with Gasteiger partial charge in [-0.25, -0.2) is 17.5 Å². The van der Waals surface area contributed by atoms with Crippen LogP contribution in [0.3, 0.4) is 0 Å². The van der Waals surface area contributed by atoms with Crippen LogP contribution in [-0.4, -0.2) is 32.8 Å². The smallest absolute Gasteiger partial charge is 0.251 e. The second-order valence-electron chi connectivity index (χ2n) is 6.82. The molecule has 29 heavy (non-hydrogen) atoms. The van der Waals surface area contributed by atoms with Crippen molar-refractivity contribution < 1.29 is 22.4 Å². The standard InChI is InChI=1S/C20H24FN3O4S/c1-13(2)24-29(27,28)18-10-6-16(7-11-18)20(26)22-12-19(25)23-14(3)15-4-8-17(21)9-5-15/h4-11,13-14,24H,12H2,1-3H3,(H,22,26)(H,23,25)/t14-/m0/s1. The van der Waals surface area contributed by atoms with Gasteiger partial charge in [-0.2, -0.15) is 0 Å². The van der Waals surface area contributed by atoms with Crippen LogP contribution in [0.4, 0.5) is 4.39 Å². The van der Waals surface area contributed by atoms with Gasteiger partial charge in [0.05, 0.1) is 17.5 Å². The van der Waals surface area contributed by atoms with E-state index in [-0.39, 0.29) is 34.9 Å². The van der Waals surface area contributed by atoms with Gasteiger partial charge in [0.25, 0.3) is 5.91 Å². The van der Waals surface area contributed by atoms with Crippen LogP contribution < -0.4 is 15.4 Å². The van der Waals surface area contributed by atoms with Crippen molar-refractivity contribution in [2.75, 3.05) is 6.54 Å². The lowest BCUT2D eigenvalue weighted by Crippen LogP contribution is -2.38. The van der Waals surface area contributed by atoms with Crippen LogP contribution in [0.1, 0.15) is 42.7 Å². The molecule has 1 atom stereocenters. The summed E-state index contributed by atoms with van der Waals surface area (Å²) in [5.74, 6) is -1.27. The number of hydrogen-bond donors (Lipinski definition) is 3. The Morgan fingerprint density at radius 1 is 0.966 bits per heavy atom. The highest BCUT2D eigenvalue weighted by molar-refractivity contribution is 7.89. The molecule has 2 amide bonds. The third-order valence-corrected chi connectivity index (χ3v) is 5.65. The number of amides is 2. The minimum absolute atomic E-state index is 0.0496. The Morgan fingerprint density at radius 3 is 2.10 bits per heavy atom. The van der Waals surface area contributed by atoms with E-state index in [4.69, 9.17) is 0 Å². The molecule has 7 nitrogen and oxygen atoms in total. The lowest BCUT2D eigenvalue weighted by molar-refractivity contribution is -0.120. The minimum atomic E-state index is -3.64. The Labute approximate surface area is 169 Å². The molecule has 0 aliphatic heterocycles. The van der Waals surface area contributed by atoms with Crippen molar-refractivity contribution in [1.82, 2.24) is 15.4 Å². The van der Waals surface area contributed by atoms with Gasteiger partial charge in [-0.1, -0.05) is 12.1 Å². The quantitative estimate of drug-likeness (QED) is 0.607. The molecule has 0 aliphatic carbocycles. The van der Waals surface area contributed by atoms with Crippen LogP contribution in [0.25, 0.3) is 0 Å². The van der Waals surface area contributed by atoms with Crippen LogP contribution in [0.2, 0.25) is 0 Å². The van der Waals surface area contributed by atoms with E-state index in [0.717, 1.165) is 5.56 Å². The van der Waals surface area contributed by atoms with Gasteiger partial charge in [0, 0.05) is 11.6 Å². The van der Waals surface area contributed by atoms with E-state index < -0.39 is 21.8 Å². The SMILES string of the molecule is CC(C)NS(=O)(=O)c1ccc(C(=O)NCC(=O)N[C@@H](C)c2ccc(F)cc2)cc1.